The highest BCUT2D eigenvalue weighted by molar-refractivity contribution is 7.88. The number of nitrogens with zero attached hydrogens (tertiary/aromatic N) is 1. The maximum Gasteiger partial charge on any atom is 0.243 e. The SMILES string of the molecule is C[C@H](NC(=O)[C@H](c1ccccc1)N(C)S(C)(=O)=O)c1ccc2c(c1)CCCC2. The van der Waals surface area contributed by atoms with Gasteiger partial charge in [0, 0.05) is 7.05 Å². The van der Waals surface area contributed by atoms with E-state index in [1.807, 2.05) is 13.0 Å². The van der Waals surface area contributed by atoms with Crippen LogP contribution in [0.1, 0.15) is 54.1 Å². The number of hydrogen-bond donors (Lipinski definition) is 1. The first-order valence-electron chi connectivity index (χ1n) is 9.67. The Balaban J connectivity index is 1.83. The molecule has 1 amide bonds. The van der Waals surface area contributed by atoms with E-state index >= 15 is 0 Å². The van der Waals surface area contributed by atoms with E-state index in [2.05, 4.69) is 23.5 Å². The lowest BCUT2D eigenvalue weighted by Gasteiger charge is -2.27. The highest BCUT2D eigenvalue weighted by Gasteiger charge is 2.31. The van der Waals surface area contributed by atoms with Crippen molar-refractivity contribution < 1.29 is 13.2 Å². The van der Waals surface area contributed by atoms with Gasteiger partial charge in [0.05, 0.1) is 12.3 Å². The molecule has 2 aromatic rings. The van der Waals surface area contributed by atoms with Crippen LogP contribution < -0.4 is 5.32 Å². The highest BCUT2D eigenvalue weighted by atomic mass is 32.2. The largest absolute Gasteiger partial charge is 0.348 e. The molecule has 0 unspecified atom stereocenters. The van der Waals surface area contributed by atoms with Gasteiger partial charge in [-0.05, 0) is 54.9 Å². The highest BCUT2D eigenvalue weighted by Crippen LogP contribution is 2.26. The maximum atomic E-state index is 13.1. The Labute approximate surface area is 167 Å². The minimum absolute atomic E-state index is 0.209. The van der Waals surface area contributed by atoms with Gasteiger partial charge in [-0.25, -0.2) is 8.42 Å². The van der Waals surface area contributed by atoms with Crippen molar-refractivity contribution in [3.63, 3.8) is 0 Å². The van der Waals surface area contributed by atoms with E-state index in [0.29, 0.717) is 5.56 Å². The van der Waals surface area contributed by atoms with E-state index in [-0.39, 0.29) is 11.9 Å². The molecule has 1 N–H and O–H groups in total. The third kappa shape index (κ3) is 4.62. The van der Waals surface area contributed by atoms with Gasteiger partial charge in [-0.3, -0.25) is 4.79 Å². The molecular formula is C22H28N2O3S. The summed E-state index contributed by atoms with van der Waals surface area (Å²) in [6, 6.07) is 14.3. The van der Waals surface area contributed by atoms with Gasteiger partial charge in [0.2, 0.25) is 15.9 Å². The molecular weight excluding hydrogens is 372 g/mol. The lowest BCUT2D eigenvalue weighted by Crippen LogP contribution is -2.42. The zero-order valence-electron chi connectivity index (χ0n) is 16.7. The van der Waals surface area contributed by atoms with Crippen LogP contribution in [0.5, 0.6) is 0 Å². The van der Waals surface area contributed by atoms with Gasteiger partial charge in [-0.1, -0.05) is 48.5 Å². The van der Waals surface area contributed by atoms with Crippen molar-refractivity contribution in [3.05, 3.63) is 70.8 Å². The second kappa shape index (κ2) is 8.45. The molecule has 1 aliphatic rings. The van der Waals surface area contributed by atoms with E-state index in [0.717, 1.165) is 29.0 Å². The molecule has 0 bridgehead atoms. The molecule has 3 rings (SSSR count). The monoisotopic (exact) mass is 400 g/mol. The first kappa shape index (κ1) is 20.6. The van der Waals surface area contributed by atoms with Crippen LogP contribution >= 0.6 is 0 Å². The number of rotatable bonds is 6. The molecule has 0 saturated carbocycles. The Kier molecular flexibility index (Phi) is 6.20. The van der Waals surface area contributed by atoms with Crippen molar-refractivity contribution in [2.24, 2.45) is 0 Å². The summed E-state index contributed by atoms with van der Waals surface area (Å²) in [6.07, 6.45) is 5.74. The molecule has 0 aromatic heterocycles. The average molecular weight is 401 g/mol. The van der Waals surface area contributed by atoms with Gasteiger partial charge in [0.25, 0.3) is 0 Å². The molecule has 28 heavy (non-hydrogen) atoms. The van der Waals surface area contributed by atoms with Crippen molar-refractivity contribution in [1.29, 1.82) is 0 Å². The number of amides is 1. The van der Waals surface area contributed by atoms with Crippen molar-refractivity contribution in [1.82, 2.24) is 9.62 Å². The van der Waals surface area contributed by atoms with Gasteiger partial charge >= 0.3 is 0 Å². The summed E-state index contributed by atoms with van der Waals surface area (Å²) in [7, 11) is -2.09. The zero-order valence-corrected chi connectivity index (χ0v) is 17.5. The summed E-state index contributed by atoms with van der Waals surface area (Å²) in [5.41, 5.74) is 4.44. The number of sulfonamides is 1. The fourth-order valence-electron chi connectivity index (χ4n) is 3.75. The molecule has 6 heteroatoms. The van der Waals surface area contributed by atoms with Crippen molar-refractivity contribution in [2.45, 2.75) is 44.7 Å². The van der Waals surface area contributed by atoms with E-state index < -0.39 is 16.1 Å². The summed E-state index contributed by atoms with van der Waals surface area (Å²) in [5.74, 6) is -0.329. The van der Waals surface area contributed by atoms with Gasteiger partial charge < -0.3 is 5.32 Å². The van der Waals surface area contributed by atoms with E-state index in [1.165, 1.54) is 31.0 Å². The van der Waals surface area contributed by atoms with Crippen LogP contribution in [0, 0.1) is 0 Å². The predicted molar refractivity (Wildman–Crippen MR) is 111 cm³/mol. The third-order valence-corrected chi connectivity index (χ3v) is 6.74. The standard InChI is InChI=1S/C22H28N2O3S/c1-16(19-14-13-17-9-7-8-12-20(17)15-19)23-22(25)21(24(2)28(3,26)27)18-10-5-4-6-11-18/h4-6,10-11,13-16,21H,7-9,12H2,1-3H3,(H,23,25)/t16-,21-/m0/s1. The number of carbonyl (C=O) groups excluding carboxylic acids is 1. The number of carbonyl (C=O) groups is 1. The molecule has 1 aliphatic carbocycles. The number of nitrogens with one attached hydrogen (secondary N) is 1. The van der Waals surface area contributed by atoms with Gasteiger partial charge in [-0.2, -0.15) is 4.31 Å². The topological polar surface area (TPSA) is 66.5 Å². The Bertz CT molecular complexity index is 942. The summed E-state index contributed by atoms with van der Waals surface area (Å²) in [4.78, 5) is 13.1. The normalized spacial score (nSPS) is 16.3. The van der Waals surface area contributed by atoms with Crippen LogP contribution in [0.25, 0.3) is 0 Å². The van der Waals surface area contributed by atoms with Gasteiger partial charge in [-0.15, -0.1) is 0 Å². The van der Waals surface area contributed by atoms with Crippen molar-refractivity contribution >= 4 is 15.9 Å². The van der Waals surface area contributed by atoms with E-state index in [1.54, 1.807) is 24.3 Å². The summed E-state index contributed by atoms with van der Waals surface area (Å²) in [6.45, 7) is 1.94. The average Bonchev–Trinajstić information content (AvgIpc) is 2.67. The summed E-state index contributed by atoms with van der Waals surface area (Å²) < 4.78 is 25.3. The molecule has 0 heterocycles. The number of fused-ring (bicyclic) bond motifs is 1. The maximum absolute atomic E-state index is 13.1. The smallest absolute Gasteiger partial charge is 0.243 e. The number of benzene rings is 2. The van der Waals surface area contributed by atoms with Crippen molar-refractivity contribution in [2.75, 3.05) is 13.3 Å². The van der Waals surface area contributed by atoms with Crippen LogP contribution in [0.2, 0.25) is 0 Å². The number of hydrogen-bond acceptors (Lipinski definition) is 3. The molecule has 2 atom stereocenters. The first-order chi connectivity index (χ1) is 13.3. The predicted octanol–water partition coefficient (Wildman–Crippen LogP) is 3.38. The number of likely N-dealkylation sites (N-methyl/N-ethyl adjacent to an activating group) is 1. The Hall–Kier alpha value is -2.18. The Morgan fingerprint density at radius 1 is 1.00 bits per heavy atom. The van der Waals surface area contributed by atoms with Gasteiger partial charge in [0.15, 0.2) is 0 Å². The summed E-state index contributed by atoms with van der Waals surface area (Å²) >= 11 is 0. The van der Waals surface area contributed by atoms with E-state index in [4.69, 9.17) is 0 Å². The lowest BCUT2D eigenvalue weighted by atomic mass is 9.89. The Morgan fingerprint density at radius 3 is 2.29 bits per heavy atom. The van der Waals surface area contributed by atoms with E-state index in [9.17, 15) is 13.2 Å². The van der Waals surface area contributed by atoms with Crippen LogP contribution in [-0.2, 0) is 27.7 Å². The minimum atomic E-state index is -3.54. The molecule has 0 radical (unpaired) electrons. The first-order valence-corrected chi connectivity index (χ1v) is 11.5. The molecule has 150 valence electrons. The van der Waals surface area contributed by atoms with Crippen LogP contribution in [-0.4, -0.2) is 31.9 Å². The van der Waals surface area contributed by atoms with Gasteiger partial charge in [0.1, 0.15) is 6.04 Å². The second-order valence-corrected chi connectivity index (χ2v) is 9.60. The fourth-order valence-corrected chi connectivity index (χ4v) is 4.35. The van der Waals surface area contributed by atoms with Crippen molar-refractivity contribution in [3.8, 4) is 0 Å². The molecule has 0 fully saturated rings. The fraction of sp³-hybridized carbons (Fsp3) is 0.409. The Morgan fingerprint density at radius 2 is 1.64 bits per heavy atom. The van der Waals surface area contributed by atoms with Crippen LogP contribution in [0.3, 0.4) is 0 Å². The molecule has 0 saturated heterocycles. The summed E-state index contributed by atoms with van der Waals surface area (Å²) in [5, 5.41) is 3.01. The van der Waals surface area contributed by atoms with Crippen LogP contribution in [0.15, 0.2) is 48.5 Å². The molecule has 0 spiro atoms. The molecule has 2 aromatic carbocycles. The second-order valence-electron chi connectivity index (χ2n) is 7.56. The third-order valence-electron chi connectivity index (χ3n) is 5.48. The quantitative estimate of drug-likeness (QED) is 0.808. The molecule has 0 aliphatic heterocycles. The minimum Gasteiger partial charge on any atom is -0.348 e. The number of aryl methyl sites for hydroxylation is 2. The molecule has 5 nitrogen and oxygen atoms in total. The van der Waals surface area contributed by atoms with Crippen LogP contribution in [0.4, 0.5) is 0 Å². The zero-order chi connectivity index (χ0) is 20.3. The lowest BCUT2D eigenvalue weighted by molar-refractivity contribution is -0.125.